The number of halogens is 1. The molecular formula is C13H17FN2O3. The molecular weight excluding hydrogens is 251 g/mol. The van der Waals surface area contributed by atoms with E-state index in [1.807, 2.05) is 6.92 Å². The van der Waals surface area contributed by atoms with Gasteiger partial charge in [-0.05, 0) is 24.6 Å². The summed E-state index contributed by atoms with van der Waals surface area (Å²) in [4.78, 5) is 23.7. The lowest BCUT2D eigenvalue weighted by molar-refractivity contribution is -0.128. The number of carboxylic acid groups (broad SMARTS) is 1. The molecule has 0 unspecified atom stereocenters. The quantitative estimate of drug-likeness (QED) is 0.810. The highest BCUT2D eigenvalue weighted by Crippen LogP contribution is 2.10. The molecule has 5 nitrogen and oxygen atoms in total. The van der Waals surface area contributed by atoms with Gasteiger partial charge in [0.2, 0.25) is 5.91 Å². The van der Waals surface area contributed by atoms with Gasteiger partial charge in [0.25, 0.3) is 0 Å². The Bertz CT molecular complexity index is 477. The zero-order valence-electron chi connectivity index (χ0n) is 10.9. The van der Waals surface area contributed by atoms with Crippen LogP contribution < -0.4 is 5.32 Å². The van der Waals surface area contributed by atoms with Gasteiger partial charge in [0.1, 0.15) is 5.82 Å². The van der Waals surface area contributed by atoms with Crippen molar-refractivity contribution < 1.29 is 19.1 Å². The SMILES string of the molecule is CCN(C)C(=O)CNCc1ccc(C(=O)O)c(F)c1. The van der Waals surface area contributed by atoms with E-state index in [0.29, 0.717) is 18.7 Å². The molecule has 0 atom stereocenters. The third-order valence-corrected chi connectivity index (χ3v) is 2.77. The number of nitrogens with zero attached hydrogens (tertiary/aromatic N) is 1. The van der Waals surface area contributed by atoms with E-state index in [1.165, 1.54) is 12.1 Å². The molecule has 1 rings (SSSR count). The topological polar surface area (TPSA) is 69.6 Å². The number of hydrogen-bond donors (Lipinski definition) is 2. The molecule has 0 heterocycles. The van der Waals surface area contributed by atoms with E-state index in [0.717, 1.165) is 6.07 Å². The molecule has 0 radical (unpaired) electrons. The molecule has 0 bridgehead atoms. The summed E-state index contributed by atoms with van der Waals surface area (Å²) in [5.74, 6) is -2.12. The van der Waals surface area contributed by atoms with Crippen molar-refractivity contribution in [3.05, 3.63) is 35.1 Å². The second kappa shape index (κ2) is 6.84. The summed E-state index contributed by atoms with van der Waals surface area (Å²) in [6, 6.07) is 3.90. The molecule has 0 aliphatic carbocycles. The summed E-state index contributed by atoms with van der Waals surface area (Å²) in [5.41, 5.74) is 0.236. The Morgan fingerprint density at radius 3 is 2.63 bits per heavy atom. The number of nitrogens with one attached hydrogen (secondary N) is 1. The van der Waals surface area contributed by atoms with E-state index in [9.17, 15) is 14.0 Å². The zero-order valence-corrected chi connectivity index (χ0v) is 10.9. The fourth-order valence-corrected chi connectivity index (χ4v) is 1.47. The van der Waals surface area contributed by atoms with Crippen molar-refractivity contribution in [2.24, 2.45) is 0 Å². The van der Waals surface area contributed by atoms with Gasteiger partial charge >= 0.3 is 5.97 Å². The average molecular weight is 268 g/mol. The van der Waals surface area contributed by atoms with E-state index in [4.69, 9.17) is 5.11 Å². The molecule has 19 heavy (non-hydrogen) atoms. The largest absolute Gasteiger partial charge is 0.478 e. The van der Waals surface area contributed by atoms with Gasteiger partial charge in [-0.3, -0.25) is 4.79 Å². The van der Waals surface area contributed by atoms with Crippen LogP contribution in [0, 0.1) is 5.82 Å². The highest BCUT2D eigenvalue weighted by Gasteiger charge is 2.10. The highest BCUT2D eigenvalue weighted by atomic mass is 19.1. The molecule has 1 aromatic carbocycles. The monoisotopic (exact) mass is 268 g/mol. The first-order valence-electron chi connectivity index (χ1n) is 5.92. The maximum absolute atomic E-state index is 13.4. The van der Waals surface area contributed by atoms with Gasteiger partial charge in [-0.1, -0.05) is 6.07 Å². The lowest BCUT2D eigenvalue weighted by Gasteiger charge is -2.14. The first kappa shape index (κ1) is 15.1. The van der Waals surface area contributed by atoms with Crippen LogP contribution in [0.4, 0.5) is 4.39 Å². The van der Waals surface area contributed by atoms with E-state index in [1.54, 1.807) is 11.9 Å². The predicted octanol–water partition coefficient (Wildman–Crippen LogP) is 1.09. The van der Waals surface area contributed by atoms with Crippen molar-refractivity contribution in [1.29, 1.82) is 0 Å². The normalized spacial score (nSPS) is 10.3. The number of carbonyl (C=O) groups is 2. The average Bonchev–Trinajstić information content (AvgIpc) is 2.37. The van der Waals surface area contributed by atoms with E-state index < -0.39 is 11.8 Å². The summed E-state index contributed by atoms with van der Waals surface area (Å²) in [5, 5.41) is 11.6. The summed E-state index contributed by atoms with van der Waals surface area (Å²) >= 11 is 0. The minimum atomic E-state index is -1.29. The number of aromatic carboxylic acids is 1. The molecule has 0 spiro atoms. The molecule has 1 aromatic rings. The smallest absolute Gasteiger partial charge is 0.338 e. The molecule has 6 heteroatoms. The predicted molar refractivity (Wildman–Crippen MR) is 68.4 cm³/mol. The van der Waals surface area contributed by atoms with E-state index in [2.05, 4.69) is 5.32 Å². The van der Waals surface area contributed by atoms with Crippen LogP contribution in [-0.4, -0.2) is 42.0 Å². The number of benzene rings is 1. The van der Waals surface area contributed by atoms with Crippen LogP contribution in [-0.2, 0) is 11.3 Å². The van der Waals surface area contributed by atoms with Crippen molar-refractivity contribution in [2.45, 2.75) is 13.5 Å². The van der Waals surface area contributed by atoms with Gasteiger partial charge in [-0.25, -0.2) is 9.18 Å². The minimum absolute atomic E-state index is 0.0508. The minimum Gasteiger partial charge on any atom is -0.478 e. The number of hydrogen-bond acceptors (Lipinski definition) is 3. The third kappa shape index (κ3) is 4.33. The lowest BCUT2D eigenvalue weighted by atomic mass is 10.1. The highest BCUT2D eigenvalue weighted by molar-refractivity contribution is 5.87. The lowest BCUT2D eigenvalue weighted by Crippen LogP contribution is -2.35. The van der Waals surface area contributed by atoms with Crippen LogP contribution in [0.2, 0.25) is 0 Å². The Labute approximate surface area is 111 Å². The van der Waals surface area contributed by atoms with Crippen molar-refractivity contribution in [3.63, 3.8) is 0 Å². The van der Waals surface area contributed by atoms with Crippen molar-refractivity contribution >= 4 is 11.9 Å². The van der Waals surface area contributed by atoms with Gasteiger partial charge in [-0.15, -0.1) is 0 Å². The molecule has 2 N–H and O–H groups in total. The maximum Gasteiger partial charge on any atom is 0.338 e. The van der Waals surface area contributed by atoms with Crippen molar-refractivity contribution in [2.75, 3.05) is 20.1 Å². The number of likely N-dealkylation sites (N-methyl/N-ethyl adjacent to an activating group) is 1. The first-order chi connectivity index (χ1) is 8.95. The van der Waals surface area contributed by atoms with Crippen LogP contribution in [0.3, 0.4) is 0 Å². The standard InChI is InChI=1S/C13H17FN2O3/c1-3-16(2)12(17)8-15-7-9-4-5-10(13(18)19)11(14)6-9/h4-6,15H,3,7-8H2,1-2H3,(H,18,19). The molecule has 1 amide bonds. The Hall–Kier alpha value is -1.95. The third-order valence-electron chi connectivity index (χ3n) is 2.77. The molecule has 0 saturated carbocycles. The van der Waals surface area contributed by atoms with Gasteiger partial charge < -0.3 is 15.3 Å². The Morgan fingerprint density at radius 2 is 2.11 bits per heavy atom. The van der Waals surface area contributed by atoms with Crippen LogP contribution in [0.5, 0.6) is 0 Å². The fraction of sp³-hybridized carbons (Fsp3) is 0.385. The Balaban J connectivity index is 2.53. The molecule has 104 valence electrons. The van der Waals surface area contributed by atoms with Crippen molar-refractivity contribution in [3.8, 4) is 0 Å². The molecule has 0 aliphatic rings. The molecule has 0 fully saturated rings. The molecule has 0 aromatic heterocycles. The van der Waals surface area contributed by atoms with Crippen LogP contribution in [0.25, 0.3) is 0 Å². The number of carbonyl (C=O) groups excluding carboxylic acids is 1. The second-order valence-electron chi connectivity index (χ2n) is 4.13. The number of rotatable bonds is 6. The van der Waals surface area contributed by atoms with Gasteiger partial charge in [0, 0.05) is 20.1 Å². The molecule has 0 saturated heterocycles. The summed E-state index contributed by atoms with van der Waals surface area (Å²) in [6.45, 7) is 2.97. The molecule has 0 aliphatic heterocycles. The van der Waals surface area contributed by atoms with Gasteiger partial charge in [0.05, 0.1) is 12.1 Å². The maximum atomic E-state index is 13.4. The summed E-state index contributed by atoms with van der Waals surface area (Å²) in [7, 11) is 1.70. The van der Waals surface area contributed by atoms with E-state index >= 15 is 0 Å². The zero-order chi connectivity index (χ0) is 14.4. The van der Waals surface area contributed by atoms with Gasteiger partial charge in [0.15, 0.2) is 0 Å². The first-order valence-corrected chi connectivity index (χ1v) is 5.92. The Morgan fingerprint density at radius 1 is 1.42 bits per heavy atom. The summed E-state index contributed by atoms with van der Waals surface area (Å²) in [6.07, 6.45) is 0. The van der Waals surface area contributed by atoms with E-state index in [-0.39, 0.29) is 18.0 Å². The van der Waals surface area contributed by atoms with Crippen molar-refractivity contribution in [1.82, 2.24) is 10.2 Å². The van der Waals surface area contributed by atoms with Crippen LogP contribution >= 0.6 is 0 Å². The number of amides is 1. The van der Waals surface area contributed by atoms with Crippen LogP contribution in [0.1, 0.15) is 22.8 Å². The number of carboxylic acids is 1. The van der Waals surface area contributed by atoms with Crippen LogP contribution in [0.15, 0.2) is 18.2 Å². The van der Waals surface area contributed by atoms with Gasteiger partial charge in [-0.2, -0.15) is 0 Å². The second-order valence-corrected chi connectivity index (χ2v) is 4.13. The summed E-state index contributed by atoms with van der Waals surface area (Å²) < 4.78 is 13.4. The fourth-order valence-electron chi connectivity index (χ4n) is 1.47. The Kier molecular flexibility index (Phi) is 5.44.